The number of rotatable bonds is 3. The maximum Gasteiger partial charge on any atom is -0.00831 e. The van der Waals surface area contributed by atoms with Crippen molar-refractivity contribution < 1.29 is 0 Å². The van der Waals surface area contributed by atoms with Crippen LogP contribution in [0.3, 0.4) is 0 Å². The van der Waals surface area contributed by atoms with Crippen molar-refractivity contribution in [3.63, 3.8) is 0 Å². The monoisotopic (exact) mass is 182 g/mol. The molecule has 0 spiro atoms. The minimum atomic E-state index is 0.408. The van der Waals surface area contributed by atoms with Crippen molar-refractivity contribution in [1.29, 1.82) is 0 Å². The second kappa shape index (κ2) is 4.23. The van der Waals surface area contributed by atoms with Crippen LogP contribution in [-0.2, 0) is 0 Å². The minimum absolute atomic E-state index is 0.408. The Balaban J connectivity index is 2.57. The average molecular weight is 182 g/mol. The molecule has 1 aliphatic rings. The third kappa shape index (κ3) is 2.20. The van der Waals surface area contributed by atoms with Crippen molar-refractivity contribution in [2.75, 3.05) is 6.16 Å². The van der Waals surface area contributed by atoms with Crippen molar-refractivity contribution in [2.24, 2.45) is 11.3 Å². The molecule has 3 unspecified atom stereocenters. The Kier molecular flexibility index (Phi) is 3.53. The molecule has 0 saturated carbocycles. The molecule has 0 aromatic heterocycles. The summed E-state index contributed by atoms with van der Waals surface area (Å²) in [7, 11) is 2.80. The van der Waals surface area contributed by atoms with Gasteiger partial charge < -0.3 is 0 Å². The number of allylic oxidation sites excluding steroid dienone is 4. The molecule has 0 aromatic rings. The van der Waals surface area contributed by atoms with E-state index in [1.54, 1.807) is 0 Å². The third-order valence-electron chi connectivity index (χ3n) is 2.95. The average Bonchev–Trinajstić information content (AvgIpc) is 2.07. The van der Waals surface area contributed by atoms with Crippen LogP contribution in [0.4, 0.5) is 0 Å². The van der Waals surface area contributed by atoms with Crippen molar-refractivity contribution in [1.82, 2.24) is 0 Å². The molecule has 1 aliphatic carbocycles. The Morgan fingerprint density at radius 3 is 2.75 bits per heavy atom. The van der Waals surface area contributed by atoms with E-state index >= 15 is 0 Å². The number of hydrogen-bond donors (Lipinski definition) is 0. The molecule has 0 bridgehead atoms. The lowest BCUT2D eigenvalue weighted by Gasteiger charge is -2.33. The van der Waals surface area contributed by atoms with E-state index in [1.807, 2.05) is 0 Å². The molecule has 0 N–H and O–H groups in total. The Bertz CT molecular complexity index is 193. The fourth-order valence-electron chi connectivity index (χ4n) is 1.67. The summed E-state index contributed by atoms with van der Waals surface area (Å²) in [6.45, 7) is 4.67. The van der Waals surface area contributed by atoms with Crippen LogP contribution in [0.25, 0.3) is 0 Å². The van der Waals surface area contributed by atoms with Gasteiger partial charge in [0.1, 0.15) is 0 Å². The van der Waals surface area contributed by atoms with E-state index in [2.05, 4.69) is 47.4 Å². The standard InChI is InChI=1S/C11H19P/c1-10-6-3-4-7-11(10,2)8-5-9-12/h3-4,6-7,10H,5,8-9,12H2,1-2H3. The zero-order valence-electron chi connectivity index (χ0n) is 8.09. The highest BCUT2D eigenvalue weighted by Gasteiger charge is 2.26. The van der Waals surface area contributed by atoms with Crippen molar-refractivity contribution in [3.8, 4) is 0 Å². The SMILES string of the molecule is CC1C=CC=CC1(C)CCCP. The summed E-state index contributed by atoms with van der Waals surface area (Å²) in [5.41, 5.74) is 0.408. The van der Waals surface area contributed by atoms with Crippen LogP contribution < -0.4 is 0 Å². The van der Waals surface area contributed by atoms with Gasteiger partial charge in [0.15, 0.2) is 0 Å². The first-order valence-electron chi connectivity index (χ1n) is 4.75. The van der Waals surface area contributed by atoms with Crippen LogP contribution in [0.1, 0.15) is 26.7 Å². The van der Waals surface area contributed by atoms with Gasteiger partial charge in [0.2, 0.25) is 0 Å². The minimum Gasteiger partial charge on any atom is -0.138 e. The molecule has 0 aliphatic heterocycles. The highest BCUT2D eigenvalue weighted by molar-refractivity contribution is 7.16. The van der Waals surface area contributed by atoms with E-state index < -0.39 is 0 Å². The first-order chi connectivity index (χ1) is 5.69. The van der Waals surface area contributed by atoms with Gasteiger partial charge in [0.05, 0.1) is 0 Å². The van der Waals surface area contributed by atoms with Crippen LogP contribution in [0, 0.1) is 11.3 Å². The summed E-state index contributed by atoms with van der Waals surface area (Å²) in [6.07, 6.45) is 12.8. The summed E-state index contributed by atoms with van der Waals surface area (Å²) in [5, 5.41) is 0. The zero-order chi connectivity index (χ0) is 9.03. The Labute approximate surface area is 78.3 Å². The second-order valence-electron chi connectivity index (χ2n) is 3.93. The van der Waals surface area contributed by atoms with Gasteiger partial charge in [-0.15, -0.1) is 9.24 Å². The highest BCUT2D eigenvalue weighted by atomic mass is 31.0. The van der Waals surface area contributed by atoms with E-state index in [1.165, 1.54) is 19.0 Å². The Morgan fingerprint density at radius 2 is 2.17 bits per heavy atom. The maximum atomic E-state index is 2.80. The normalized spacial score (nSPS) is 34.1. The van der Waals surface area contributed by atoms with Crippen LogP contribution in [0.2, 0.25) is 0 Å². The molecule has 0 amide bonds. The lowest BCUT2D eigenvalue weighted by Crippen LogP contribution is -2.23. The molecular weight excluding hydrogens is 163 g/mol. The van der Waals surface area contributed by atoms with Crippen LogP contribution in [0.15, 0.2) is 24.3 Å². The molecule has 0 fully saturated rings. The van der Waals surface area contributed by atoms with Crippen LogP contribution in [0.5, 0.6) is 0 Å². The molecule has 12 heavy (non-hydrogen) atoms. The summed E-state index contributed by atoms with van der Waals surface area (Å²) in [4.78, 5) is 0. The van der Waals surface area contributed by atoms with Gasteiger partial charge in [-0.3, -0.25) is 0 Å². The van der Waals surface area contributed by atoms with Gasteiger partial charge in [-0.2, -0.15) is 0 Å². The van der Waals surface area contributed by atoms with Gasteiger partial charge in [-0.25, -0.2) is 0 Å². The van der Waals surface area contributed by atoms with Crippen LogP contribution in [-0.4, -0.2) is 6.16 Å². The van der Waals surface area contributed by atoms with Gasteiger partial charge in [-0.1, -0.05) is 38.2 Å². The molecule has 68 valence electrons. The van der Waals surface area contributed by atoms with E-state index in [-0.39, 0.29) is 0 Å². The first-order valence-corrected chi connectivity index (χ1v) is 5.57. The molecular formula is C11H19P. The fourth-order valence-corrected chi connectivity index (χ4v) is 1.88. The molecule has 0 nitrogen and oxygen atoms in total. The van der Waals surface area contributed by atoms with E-state index in [0.29, 0.717) is 11.3 Å². The van der Waals surface area contributed by atoms with Crippen molar-refractivity contribution >= 4 is 9.24 Å². The molecule has 1 rings (SSSR count). The number of hydrogen-bond acceptors (Lipinski definition) is 0. The highest BCUT2D eigenvalue weighted by Crippen LogP contribution is 2.37. The smallest absolute Gasteiger partial charge is 0.00831 e. The molecule has 1 heteroatoms. The molecule has 0 heterocycles. The summed E-state index contributed by atoms with van der Waals surface area (Å²) in [6, 6.07) is 0. The van der Waals surface area contributed by atoms with Crippen molar-refractivity contribution in [2.45, 2.75) is 26.7 Å². The predicted molar refractivity (Wildman–Crippen MR) is 59.4 cm³/mol. The van der Waals surface area contributed by atoms with E-state index in [0.717, 1.165) is 0 Å². The van der Waals surface area contributed by atoms with E-state index in [9.17, 15) is 0 Å². The first kappa shape index (κ1) is 9.99. The van der Waals surface area contributed by atoms with Gasteiger partial charge in [-0.05, 0) is 30.3 Å². The summed E-state index contributed by atoms with van der Waals surface area (Å²) in [5.74, 6) is 0.694. The van der Waals surface area contributed by atoms with Crippen molar-refractivity contribution in [3.05, 3.63) is 24.3 Å². The summed E-state index contributed by atoms with van der Waals surface area (Å²) < 4.78 is 0. The lowest BCUT2D eigenvalue weighted by molar-refractivity contribution is 0.297. The van der Waals surface area contributed by atoms with Gasteiger partial charge >= 0.3 is 0 Å². The largest absolute Gasteiger partial charge is 0.138 e. The van der Waals surface area contributed by atoms with E-state index in [4.69, 9.17) is 0 Å². The van der Waals surface area contributed by atoms with Gasteiger partial charge in [0.25, 0.3) is 0 Å². The third-order valence-corrected chi connectivity index (χ3v) is 3.36. The van der Waals surface area contributed by atoms with Gasteiger partial charge in [0, 0.05) is 0 Å². The maximum absolute atomic E-state index is 2.80. The second-order valence-corrected chi connectivity index (χ2v) is 4.51. The lowest BCUT2D eigenvalue weighted by atomic mass is 9.72. The predicted octanol–water partition coefficient (Wildman–Crippen LogP) is 3.41. The zero-order valence-corrected chi connectivity index (χ0v) is 9.24. The summed E-state index contributed by atoms with van der Waals surface area (Å²) >= 11 is 0. The van der Waals surface area contributed by atoms with Crippen LogP contribution >= 0.6 is 9.24 Å². The Hall–Kier alpha value is -0.0900. The molecule has 3 atom stereocenters. The quantitative estimate of drug-likeness (QED) is 0.587. The topological polar surface area (TPSA) is 0 Å². The molecule has 0 aromatic carbocycles. The fraction of sp³-hybridized carbons (Fsp3) is 0.636. The molecule has 0 saturated heterocycles. The molecule has 0 radical (unpaired) electrons. The Morgan fingerprint density at radius 1 is 1.42 bits per heavy atom.